The lowest BCUT2D eigenvalue weighted by Gasteiger charge is -2.27. The van der Waals surface area contributed by atoms with Crippen LogP contribution in [-0.2, 0) is 17.8 Å². The minimum Gasteiger partial charge on any atom is -0.461 e. The quantitative estimate of drug-likeness (QED) is 0.449. The summed E-state index contributed by atoms with van der Waals surface area (Å²) in [7, 11) is 0. The third kappa shape index (κ3) is 4.93. The molecule has 0 aliphatic rings. The fraction of sp³-hybridized carbons (Fsp3) is 0.333. The molecule has 32 heavy (non-hydrogen) atoms. The number of hydrogen-bond acceptors (Lipinski definition) is 3. The Balaban J connectivity index is 2.07. The van der Waals surface area contributed by atoms with Crippen molar-refractivity contribution in [3.63, 3.8) is 0 Å². The van der Waals surface area contributed by atoms with E-state index in [0.717, 1.165) is 16.8 Å². The lowest BCUT2D eigenvalue weighted by Crippen LogP contribution is -2.37. The Morgan fingerprint density at radius 1 is 0.938 bits per heavy atom. The molecule has 0 saturated carbocycles. The van der Waals surface area contributed by atoms with Gasteiger partial charge in [0, 0.05) is 24.8 Å². The van der Waals surface area contributed by atoms with Gasteiger partial charge in [0.1, 0.15) is 5.69 Å². The summed E-state index contributed by atoms with van der Waals surface area (Å²) < 4.78 is 7.27. The molecule has 1 amide bonds. The number of amides is 1. The van der Waals surface area contributed by atoms with E-state index in [1.807, 2.05) is 97.8 Å². The molecule has 0 bridgehead atoms. The summed E-state index contributed by atoms with van der Waals surface area (Å²) in [5.41, 5.74) is 4.59. The van der Waals surface area contributed by atoms with Gasteiger partial charge in [-0.15, -0.1) is 0 Å². The normalized spacial score (nSPS) is 10.9. The fourth-order valence-corrected chi connectivity index (χ4v) is 4.05. The van der Waals surface area contributed by atoms with Crippen LogP contribution >= 0.6 is 0 Å². The second-order valence-corrected chi connectivity index (χ2v) is 8.24. The fourth-order valence-electron chi connectivity index (χ4n) is 4.05. The number of ether oxygens (including phenoxy) is 1. The average Bonchev–Trinajstić information content (AvgIpc) is 3.02. The largest absolute Gasteiger partial charge is 0.461 e. The summed E-state index contributed by atoms with van der Waals surface area (Å²) in [5.74, 6) is -0.474. The van der Waals surface area contributed by atoms with Gasteiger partial charge in [-0.1, -0.05) is 60.7 Å². The first-order valence-electron chi connectivity index (χ1n) is 11.1. The summed E-state index contributed by atoms with van der Waals surface area (Å²) in [6.07, 6.45) is 0. The van der Waals surface area contributed by atoms with Gasteiger partial charge < -0.3 is 14.2 Å². The number of benzene rings is 2. The molecular weight excluding hydrogens is 400 g/mol. The van der Waals surface area contributed by atoms with Crippen LogP contribution in [0.15, 0.2) is 60.7 Å². The van der Waals surface area contributed by atoms with Crippen molar-refractivity contribution in [2.45, 2.75) is 53.8 Å². The van der Waals surface area contributed by atoms with Crippen molar-refractivity contribution in [1.82, 2.24) is 9.47 Å². The Bertz CT molecular complexity index is 1070. The zero-order valence-corrected chi connectivity index (χ0v) is 19.6. The summed E-state index contributed by atoms with van der Waals surface area (Å²) in [5, 5.41) is 0. The second kappa shape index (κ2) is 10.3. The molecule has 2 aromatic carbocycles. The smallest absolute Gasteiger partial charge is 0.355 e. The summed E-state index contributed by atoms with van der Waals surface area (Å²) in [6.45, 7) is 10.9. The standard InChI is InChI=1S/C27H32N2O3/c1-6-32-27(31)25-20(4)24(21(5)29(25)18-23-15-11-8-12-16-23)26(30)28(19(2)3)17-22-13-9-7-10-14-22/h7-16,19H,6,17-18H2,1-5H3. The first-order valence-corrected chi connectivity index (χ1v) is 11.1. The Kier molecular flexibility index (Phi) is 7.52. The molecule has 5 heteroatoms. The molecule has 0 atom stereocenters. The molecule has 168 valence electrons. The monoisotopic (exact) mass is 432 g/mol. The van der Waals surface area contributed by atoms with Crippen LogP contribution in [-0.4, -0.2) is 34.0 Å². The van der Waals surface area contributed by atoms with E-state index < -0.39 is 5.97 Å². The van der Waals surface area contributed by atoms with Crippen LogP contribution in [0.1, 0.15) is 64.0 Å². The SMILES string of the molecule is CCOC(=O)c1c(C)c(C(=O)N(Cc2ccccc2)C(C)C)c(C)n1Cc1ccccc1. The second-order valence-electron chi connectivity index (χ2n) is 8.24. The summed E-state index contributed by atoms with van der Waals surface area (Å²) >= 11 is 0. The van der Waals surface area contributed by atoms with Gasteiger partial charge in [-0.2, -0.15) is 0 Å². The van der Waals surface area contributed by atoms with Gasteiger partial charge >= 0.3 is 5.97 Å². The predicted octanol–water partition coefficient (Wildman–Crippen LogP) is 5.38. The van der Waals surface area contributed by atoms with E-state index in [9.17, 15) is 9.59 Å². The van der Waals surface area contributed by atoms with Gasteiger partial charge in [-0.25, -0.2) is 4.79 Å². The molecule has 1 heterocycles. The molecule has 1 aromatic heterocycles. The van der Waals surface area contributed by atoms with Gasteiger partial charge in [0.15, 0.2) is 0 Å². The number of aromatic nitrogens is 1. The van der Waals surface area contributed by atoms with E-state index in [4.69, 9.17) is 4.74 Å². The lowest BCUT2D eigenvalue weighted by atomic mass is 10.1. The lowest BCUT2D eigenvalue weighted by molar-refractivity contribution is 0.0513. The van der Waals surface area contributed by atoms with Crippen LogP contribution in [0.5, 0.6) is 0 Å². The highest BCUT2D eigenvalue weighted by molar-refractivity contribution is 6.01. The van der Waals surface area contributed by atoms with Crippen LogP contribution in [0.2, 0.25) is 0 Å². The van der Waals surface area contributed by atoms with Crippen molar-refractivity contribution in [2.75, 3.05) is 6.61 Å². The van der Waals surface area contributed by atoms with Gasteiger partial charge in [0.25, 0.3) is 5.91 Å². The number of nitrogens with zero attached hydrogens (tertiary/aromatic N) is 2. The van der Waals surface area contributed by atoms with E-state index in [2.05, 4.69) is 0 Å². The number of esters is 1. The van der Waals surface area contributed by atoms with Crippen LogP contribution in [0.25, 0.3) is 0 Å². The minimum absolute atomic E-state index is 0.00465. The van der Waals surface area contributed by atoms with Gasteiger partial charge in [-0.3, -0.25) is 4.79 Å². The van der Waals surface area contributed by atoms with Crippen molar-refractivity contribution in [3.8, 4) is 0 Å². The number of rotatable bonds is 8. The van der Waals surface area contributed by atoms with E-state index in [-0.39, 0.29) is 18.6 Å². The molecule has 0 aliphatic heterocycles. The molecular formula is C27H32N2O3. The number of carbonyl (C=O) groups is 2. The van der Waals surface area contributed by atoms with Crippen molar-refractivity contribution in [1.29, 1.82) is 0 Å². The third-order valence-electron chi connectivity index (χ3n) is 5.71. The zero-order valence-electron chi connectivity index (χ0n) is 19.6. The van der Waals surface area contributed by atoms with Gasteiger partial charge in [0.2, 0.25) is 0 Å². The zero-order chi connectivity index (χ0) is 23.3. The maximum Gasteiger partial charge on any atom is 0.355 e. The molecule has 0 N–H and O–H groups in total. The van der Waals surface area contributed by atoms with E-state index >= 15 is 0 Å². The first kappa shape index (κ1) is 23.3. The first-order chi connectivity index (χ1) is 15.3. The third-order valence-corrected chi connectivity index (χ3v) is 5.71. The van der Waals surface area contributed by atoms with Crippen LogP contribution in [0.4, 0.5) is 0 Å². The molecule has 0 saturated heterocycles. The summed E-state index contributed by atoms with van der Waals surface area (Å²) in [6, 6.07) is 19.9. The molecule has 0 spiro atoms. The van der Waals surface area contributed by atoms with Crippen molar-refractivity contribution < 1.29 is 14.3 Å². The van der Waals surface area contributed by atoms with Gasteiger partial charge in [0.05, 0.1) is 12.2 Å². The highest BCUT2D eigenvalue weighted by Crippen LogP contribution is 2.27. The van der Waals surface area contributed by atoms with Crippen LogP contribution in [0, 0.1) is 13.8 Å². The Morgan fingerprint density at radius 2 is 1.50 bits per heavy atom. The minimum atomic E-state index is -0.401. The molecule has 3 aromatic rings. The topological polar surface area (TPSA) is 51.5 Å². The number of hydrogen-bond donors (Lipinski definition) is 0. The molecule has 3 rings (SSSR count). The van der Waals surface area contributed by atoms with Crippen molar-refractivity contribution in [3.05, 3.63) is 94.3 Å². The van der Waals surface area contributed by atoms with Crippen LogP contribution in [0.3, 0.4) is 0 Å². The molecule has 0 fully saturated rings. The molecule has 0 radical (unpaired) electrons. The van der Waals surface area contributed by atoms with Crippen LogP contribution < -0.4 is 0 Å². The molecule has 5 nitrogen and oxygen atoms in total. The van der Waals surface area contributed by atoms with E-state index in [1.165, 1.54) is 0 Å². The Labute approximate surface area is 190 Å². The number of carbonyl (C=O) groups excluding carboxylic acids is 2. The highest BCUT2D eigenvalue weighted by atomic mass is 16.5. The Hall–Kier alpha value is -3.34. The van der Waals surface area contributed by atoms with E-state index in [1.54, 1.807) is 6.92 Å². The maximum absolute atomic E-state index is 13.8. The summed E-state index contributed by atoms with van der Waals surface area (Å²) in [4.78, 5) is 28.5. The van der Waals surface area contributed by atoms with Crippen molar-refractivity contribution >= 4 is 11.9 Å². The van der Waals surface area contributed by atoms with Crippen molar-refractivity contribution in [2.24, 2.45) is 0 Å². The maximum atomic E-state index is 13.8. The molecule has 0 unspecified atom stereocenters. The average molecular weight is 433 g/mol. The Morgan fingerprint density at radius 3 is 2.03 bits per heavy atom. The molecule has 0 aliphatic carbocycles. The van der Waals surface area contributed by atoms with E-state index in [0.29, 0.717) is 29.9 Å². The highest BCUT2D eigenvalue weighted by Gasteiger charge is 2.30. The van der Waals surface area contributed by atoms with Gasteiger partial charge in [-0.05, 0) is 51.3 Å². The predicted molar refractivity (Wildman–Crippen MR) is 127 cm³/mol.